The van der Waals surface area contributed by atoms with Gasteiger partial charge in [-0.05, 0) is 59.5 Å². The summed E-state index contributed by atoms with van der Waals surface area (Å²) in [5, 5.41) is 2.89. The molecular weight excluding hydrogens is 356 g/mol. The maximum absolute atomic E-state index is 13.0. The second kappa shape index (κ2) is 7.22. The third-order valence-corrected chi connectivity index (χ3v) is 4.55. The van der Waals surface area contributed by atoms with Crippen molar-refractivity contribution in [3.05, 3.63) is 27.6 Å². The van der Waals surface area contributed by atoms with Gasteiger partial charge in [0.1, 0.15) is 5.82 Å². The fourth-order valence-corrected chi connectivity index (χ4v) is 3.23. The Morgan fingerprint density at radius 3 is 2.58 bits per heavy atom. The van der Waals surface area contributed by atoms with Crippen LogP contribution in [0.4, 0.5) is 10.1 Å². The van der Waals surface area contributed by atoms with Crippen molar-refractivity contribution in [1.29, 1.82) is 0 Å². The number of nitrogens with one attached hydrogen (secondary N) is 1. The average molecular weight is 375 g/mol. The predicted octanol–water partition coefficient (Wildman–Crippen LogP) is 4.73. The summed E-state index contributed by atoms with van der Waals surface area (Å²) in [6.07, 6.45) is 8.00. The minimum Gasteiger partial charge on any atom is -0.325 e. The van der Waals surface area contributed by atoms with E-state index in [2.05, 4.69) is 5.32 Å². The van der Waals surface area contributed by atoms with Gasteiger partial charge in [0.25, 0.3) is 0 Å². The Balaban J connectivity index is 1.89. The van der Waals surface area contributed by atoms with Crippen molar-refractivity contribution < 1.29 is 9.18 Å². The van der Waals surface area contributed by atoms with Crippen LogP contribution >= 0.6 is 22.6 Å². The zero-order chi connectivity index (χ0) is 13.7. The van der Waals surface area contributed by atoms with Gasteiger partial charge in [0.05, 0.1) is 5.69 Å². The third-order valence-electron chi connectivity index (χ3n) is 3.65. The number of hydrogen-bond acceptors (Lipinski definition) is 1. The lowest BCUT2D eigenvalue weighted by Gasteiger charge is -2.14. The molecular formula is C15H19FINO. The first-order valence-electron chi connectivity index (χ1n) is 6.90. The van der Waals surface area contributed by atoms with Crippen molar-refractivity contribution in [3.8, 4) is 0 Å². The van der Waals surface area contributed by atoms with Crippen LogP contribution in [0.3, 0.4) is 0 Å². The van der Waals surface area contributed by atoms with Crippen LogP contribution in [0, 0.1) is 15.3 Å². The molecule has 1 amide bonds. The maximum atomic E-state index is 13.0. The second-order valence-corrected chi connectivity index (χ2v) is 6.40. The van der Waals surface area contributed by atoms with E-state index in [4.69, 9.17) is 0 Å². The molecule has 1 fully saturated rings. The largest absolute Gasteiger partial charge is 0.325 e. The Labute approximate surface area is 127 Å². The minimum atomic E-state index is -0.272. The van der Waals surface area contributed by atoms with Gasteiger partial charge in [0.2, 0.25) is 5.91 Å². The van der Waals surface area contributed by atoms with E-state index in [0.29, 0.717) is 18.0 Å². The highest BCUT2D eigenvalue weighted by molar-refractivity contribution is 14.1. The quantitative estimate of drug-likeness (QED) is 0.601. The Morgan fingerprint density at radius 1 is 1.26 bits per heavy atom. The van der Waals surface area contributed by atoms with Crippen molar-refractivity contribution in [3.63, 3.8) is 0 Å². The molecule has 104 valence electrons. The summed E-state index contributed by atoms with van der Waals surface area (Å²) in [6, 6.07) is 4.44. The highest BCUT2D eigenvalue weighted by Gasteiger charge is 2.16. The van der Waals surface area contributed by atoms with Crippen LogP contribution in [0.25, 0.3) is 0 Å². The summed E-state index contributed by atoms with van der Waals surface area (Å²) in [5.74, 6) is 0.295. The van der Waals surface area contributed by atoms with Gasteiger partial charge in [-0.2, -0.15) is 0 Å². The normalized spacial score (nSPS) is 16.9. The van der Waals surface area contributed by atoms with Crippen LogP contribution in [-0.4, -0.2) is 5.91 Å². The van der Waals surface area contributed by atoms with Gasteiger partial charge in [-0.3, -0.25) is 4.79 Å². The molecule has 19 heavy (non-hydrogen) atoms. The zero-order valence-corrected chi connectivity index (χ0v) is 13.1. The van der Waals surface area contributed by atoms with Crippen molar-refractivity contribution in [2.24, 2.45) is 5.92 Å². The first-order valence-corrected chi connectivity index (χ1v) is 7.98. The predicted molar refractivity (Wildman–Crippen MR) is 83.6 cm³/mol. The van der Waals surface area contributed by atoms with Crippen LogP contribution in [0.1, 0.15) is 44.9 Å². The molecule has 0 aliphatic heterocycles. The second-order valence-electron chi connectivity index (χ2n) is 5.23. The van der Waals surface area contributed by atoms with Crippen LogP contribution in [-0.2, 0) is 4.79 Å². The molecule has 1 aromatic rings. The first-order chi connectivity index (χ1) is 9.15. The number of carbonyl (C=O) groups is 1. The van der Waals surface area contributed by atoms with E-state index in [1.165, 1.54) is 37.8 Å². The van der Waals surface area contributed by atoms with Gasteiger partial charge in [-0.25, -0.2) is 4.39 Å². The number of hydrogen-bond donors (Lipinski definition) is 1. The summed E-state index contributed by atoms with van der Waals surface area (Å²) in [6.45, 7) is 0. The number of carbonyl (C=O) groups excluding carboxylic acids is 1. The Morgan fingerprint density at radius 2 is 1.95 bits per heavy atom. The monoisotopic (exact) mass is 375 g/mol. The molecule has 2 nitrogen and oxygen atoms in total. The molecule has 1 N–H and O–H groups in total. The van der Waals surface area contributed by atoms with Crippen molar-refractivity contribution >= 4 is 34.2 Å². The summed E-state index contributed by atoms with van der Waals surface area (Å²) in [7, 11) is 0. The Kier molecular flexibility index (Phi) is 5.60. The van der Waals surface area contributed by atoms with E-state index in [9.17, 15) is 9.18 Å². The standard InChI is InChI=1S/C15H19FINO/c16-12-7-8-14(13(17)10-12)18-15(19)9-11-5-3-1-2-4-6-11/h7-8,10-11H,1-6,9H2,(H,18,19). The van der Waals surface area contributed by atoms with Gasteiger partial charge >= 0.3 is 0 Å². The molecule has 0 aromatic heterocycles. The summed E-state index contributed by atoms with van der Waals surface area (Å²) >= 11 is 2.04. The molecule has 1 saturated carbocycles. The van der Waals surface area contributed by atoms with Gasteiger partial charge in [0.15, 0.2) is 0 Å². The van der Waals surface area contributed by atoms with E-state index < -0.39 is 0 Å². The number of anilines is 1. The number of benzene rings is 1. The van der Waals surface area contributed by atoms with Gasteiger partial charge in [0, 0.05) is 9.99 Å². The van der Waals surface area contributed by atoms with E-state index in [1.807, 2.05) is 22.6 Å². The summed E-state index contributed by atoms with van der Waals surface area (Å²) < 4.78 is 13.7. The SMILES string of the molecule is O=C(CC1CCCCCC1)Nc1ccc(F)cc1I. The van der Waals surface area contributed by atoms with Crippen LogP contribution < -0.4 is 5.32 Å². The minimum absolute atomic E-state index is 0.0522. The van der Waals surface area contributed by atoms with Gasteiger partial charge < -0.3 is 5.32 Å². The molecule has 2 rings (SSSR count). The average Bonchev–Trinajstić information content (AvgIpc) is 2.61. The smallest absolute Gasteiger partial charge is 0.224 e. The molecule has 1 aliphatic carbocycles. The molecule has 0 spiro atoms. The fraction of sp³-hybridized carbons (Fsp3) is 0.533. The van der Waals surface area contributed by atoms with Gasteiger partial charge in [-0.1, -0.05) is 25.7 Å². The summed E-state index contributed by atoms with van der Waals surface area (Å²) in [5.41, 5.74) is 0.709. The lowest BCUT2D eigenvalue weighted by Crippen LogP contribution is -2.17. The summed E-state index contributed by atoms with van der Waals surface area (Å²) in [4.78, 5) is 12.0. The van der Waals surface area contributed by atoms with Crippen LogP contribution in [0.5, 0.6) is 0 Å². The number of rotatable bonds is 3. The van der Waals surface area contributed by atoms with Crippen molar-refractivity contribution in [1.82, 2.24) is 0 Å². The zero-order valence-electron chi connectivity index (χ0n) is 10.9. The van der Waals surface area contributed by atoms with Crippen molar-refractivity contribution in [2.75, 3.05) is 5.32 Å². The van der Waals surface area contributed by atoms with E-state index in [0.717, 1.165) is 16.4 Å². The van der Waals surface area contributed by atoms with Crippen LogP contribution in [0.15, 0.2) is 18.2 Å². The molecule has 0 atom stereocenters. The van der Waals surface area contributed by atoms with E-state index in [-0.39, 0.29) is 11.7 Å². The van der Waals surface area contributed by atoms with Crippen molar-refractivity contribution in [2.45, 2.75) is 44.9 Å². The highest BCUT2D eigenvalue weighted by atomic mass is 127. The van der Waals surface area contributed by atoms with E-state index in [1.54, 1.807) is 6.07 Å². The lowest BCUT2D eigenvalue weighted by molar-refractivity contribution is -0.117. The Hall–Kier alpha value is -0.650. The maximum Gasteiger partial charge on any atom is 0.224 e. The number of amides is 1. The molecule has 1 aliphatic rings. The lowest BCUT2D eigenvalue weighted by atomic mass is 9.96. The topological polar surface area (TPSA) is 29.1 Å². The fourth-order valence-electron chi connectivity index (χ4n) is 2.62. The molecule has 0 saturated heterocycles. The Bertz CT molecular complexity index is 442. The molecule has 4 heteroatoms. The molecule has 1 aromatic carbocycles. The first kappa shape index (κ1) is 14.8. The molecule has 0 radical (unpaired) electrons. The third kappa shape index (κ3) is 4.75. The van der Waals surface area contributed by atoms with Gasteiger partial charge in [-0.15, -0.1) is 0 Å². The number of halogens is 2. The highest BCUT2D eigenvalue weighted by Crippen LogP contribution is 2.26. The molecule has 0 bridgehead atoms. The molecule has 0 heterocycles. The molecule has 0 unspecified atom stereocenters. The van der Waals surface area contributed by atoms with E-state index >= 15 is 0 Å². The van der Waals surface area contributed by atoms with Crippen LogP contribution in [0.2, 0.25) is 0 Å².